The molecule has 0 amide bonds. The zero-order valence-electron chi connectivity index (χ0n) is 10.2. The topological polar surface area (TPSA) is 35.5 Å². The van der Waals surface area contributed by atoms with Crippen molar-refractivity contribution in [1.82, 2.24) is 0 Å². The highest BCUT2D eigenvalue weighted by Crippen LogP contribution is 2.55. The van der Waals surface area contributed by atoms with Crippen LogP contribution in [0, 0.1) is 5.82 Å². The van der Waals surface area contributed by atoms with Crippen molar-refractivity contribution in [3.63, 3.8) is 0 Å². The van der Waals surface area contributed by atoms with E-state index >= 15 is 0 Å². The van der Waals surface area contributed by atoms with E-state index in [9.17, 15) is 9.18 Å². The molecule has 0 spiro atoms. The van der Waals surface area contributed by atoms with Gasteiger partial charge in [-0.1, -0.05) is 0 Å². The molecule has 0 aromatic heterocycles. The normalized spacial score (nSPS) is 16.5. The smallest absolute Gasteiger partial charge is 0.165 e. The molecule has 1 aliphatic carbocycles. The fourth-order valence-electron chi connectivity index (χ4n) is 2.27. The Bertz CT molecular complexity index is 464. The maximum absolute atomic E-state index is 13.7. The molecule has 0 N–H and O–H groups in total. The number of Topliss-reactive ketones (excluding diaryl/α,β-unsaturated/α-hetero) is 1. The lowest BCUT2D eigenvalue weighted by atomic mass is 9.90. The minimum absolute atomic E-state index is 0.0275. The SMILES string of the molecule is COc1ccc(F)c(OC)c1C1(C(C)=O)CC1. The first-order valence-corrected chi connectivity index (χ1v) is 5.49. The van der Waals surface area contributed by atoms with Crippen molar-refractivity contribution in [3.05, 3.63) is 23.5 Å². The van der Waals surface area contributed by atoms with E-state index in [2.05, 4.69) is 0 Å². The number of methoxy groups -OCH3 is 2. The zero-order valence-corrected chi connectivity index (χ0v) is 10.2. The Morgan fingerprint density at radius 3 is 2.35 bits per heavy atom. The lowest BCUT2D eigenvalue weighted by Gasteiger charge is -2.19. The van der Waals surface area contributed by atoms with Gasteiger partial charge < -0.3 is 9.47 Å². The molecule has 1 aromatic rings. The largest absolute Gasteiger partial charge is 0.496 e. The second kappa shape index (κ2) is 4.02. The highest BCUT2D eigenvalue weighted by Gasteiger charge is 2.52. The Balaban J connectivity index is 2.65. The predicted octanol–water partition coefficient (Wildman–Crippen LogP) is 2.46. The predicted molar refractivity (Wildman–Crippen MR) is 61.1 cm³/mol. The zero-order chi connectivity index (χ0) is 12.6. The molecular weight excluding hydrogens is 223 g/mol. The summed E-state index contributed by atoms with van der Waals surface area (Å²) in [6, 6.07) is 2.83. The van der Waals surface area contributed by atoms with E-state index in [1.807, 2.05) is 0 Å². The number of halogens is 1. The van der Waals surface area contributed by atoms with Crippen LogP contribution in [0.3, 0.4) is 0 Å². The van der Waals surface area contributed by atoms with Crippen molar-refractivity contribution in [1.29, 1.82) is 0 Å². The van der Waals surface area contributed by atoms with Crippen LogP contribution in [-0.4, -0.2) is 20.0 Å². The summed E-state index contributed by atoms with van der Waals surface area (Å²) in [5.74, 6) is 0.198. The third kappa shape index (κ3) is 1.68. The van der Waals surface area contributed by atoms with Crippen LogP contribution < -0.4 is 9.47 Å². The highest BCUT2D eigenvalue weighted by molar-refractivity contribution is 5.93. The van der Waals surface area contributed by atoms with Gasteiger partial charge in [0, 0.05) is 0 Å². The molecule has 1 fully saturated rings. The molecule has 0 saturated heterocycles. The number of hydrogen-bond donors (Lipinski definition) is 0. The van der Waals surface area contributed by atoms with E-state index in [1.165, 1.54) is 33.3 Å². The van der Waals surface area contributed by atoms with Gasteiger partial charge in [-0.2, -0.15) is 0 Å². The standard InChI is InChI=1S/C13H15FO3/c1-8(15)13(6-7-13)11-10(16-2)5-4-9(14)12(11)17-3/h4-5H,6-7H2,1-3H3. The molecule has 1 saturated carbocycles. The third-order valence-corrected chi connectivity index (χ3v) is 3.40. The third-order valence-electron chi connectivity index (χ3n) is 3.40. The Labute approximate surface area is 99.5 Å². The van der Waals surface area contributed by atoms with Crippen molar-refractivity contribution in [3.8, 4) is 11.5 Å². The maximum Gasteiger partial charge on any atom is 0.165 e. The van der Waals surface area contributed by atoms with E-state index in [4.69, 9.17) is 9.47 Å². The Hall–Kier alpha value is -1.58. The first-order valence-electron chi connectivity index (χ1n) is 5.49. The van der Waals surface area contributed by atoms with Gasteiger partial charge >= 0.3 is 0 Å². The van der Waals surface area contributed by atoms with Crippen LogP contribution in [-0.2, 0) is 10.2 Å². The molecule has 4 heteroatoms. The Morgan fingerprint density at radius 2 is 1.94 bits per heavy atom. The molecule has 0 bridgehead atoms. The lowest BCUT2D eigenvalue weighted by molar-refractivity contribution is -0.119. The van der Waals surface area contributed by atoms with Crippen LogP contribution in [0.5, 0.6) is 11.5 Å². The van der Waals surface area contributed by atoms with E-state index in [-0.39, 0.29) is 11.5 Å². The number of ether oxygens (including phenoxy) is 2. The summed E-state index contributed by atoms with van der Waals surface area (Å²) in [7, 11) is 2.91. The van der Waals surface area contributed by atoms with E-state index in [0.717, 1.165) is 12.8 Å². The van der Waals surface area contributed by atoms with Crippen molar-refractivity contribution < 1.29 is 18.7 Å². The Kier molecular flexibility index (Phi) is 2.81. The highest BCUT2D eigenvalue weighted by atomic mass is 19.1. The van der Waals surface area contributed by atoms with Crippen LogP contribution in [0.4, 0.5) is 4.39 Å². The summed E-state index contributed by atoms with van der Waals surface area (Å²) in [6.45, 7) is 1.52. The van der Waals surface area contributed by atoms with Crippen LogP contribution in [0.25, 0.3) is 0 Å². The molecule has 0 unspecified atom stereocenters. The van der Waals surface area contributed by atoms with Crippen molar-refractivity contribution >= 4 is 5.78 Å². The van der Waals surface area contributed by atoms with Gasteiger partial charge in [-0.25, -0.2) is 4.39 Å². The number of carbonyl (C=O) groups excluding carboxylic acids is 1. The average Bonchev–Trinajstić information content (AvgIpc) is 3.09. The molecule has 92 valence electrons. The second-order valence-corrected chi connectivity index (χ2v) is 4.30. The number of benzene rings is 1. The fourth-order valence-corrected chi connectivity index (χ4v) is 2.27. The van der Waals surface area contributed by atoms with Crippen LogP contribution >= 0.6 is 0 Å². The molecule has 2 rings (SSSR count). The molecule has 0 heterocycles. The first kappa shape index (κ1) is 11.9. The van der Waals surface area contributed by atoms with Crippen LogP contribution in [0.15, 0.2) is 12.1 Å². The van der Waals surface area contributed by atoms with Gasteiger partial charge in [-0.15, -0.1) is 0 Å². The summed E-state index contributed by atoms with van der Waals surface area (Å²) < 4.78 is 24.0. The van der Waals surface area contributed by atoms with E-state index in [1.54, 1.807) is 0 Å². The molecule has 1 aromatic carbocycles. The summed E-state index contributed by atoms with van der Waals surface area (Å²) in [5, 5.41) is 0. The minimum Gasteiger partial charge on any atom is -0.496 e. The number of carbonyl (C=O) groups is 1. The van der Waals surface area contributed by atoms with Gasteiger partial charge in [0.1, 0.15) is 11.5 Å². The summed E-state index contributed by atoms with van der Waals surface area (Å²) in [6.07, 6.45) is 1.44. The number of ketones is 1. The monoisotopic (exact) mass is 238 g/mol. The van der Waals surface area contributed by atoms with Crippen molar-refractivity contribution in [2.75, 3.05) is 14.2 Å². The summed E-state index contributed by atoms with van der Waals surface area (Å²) in [4.78, 5) is 11.7. The second-order valence-electron chi connectivity index (χ2n) is 4.30. The van der Waals surface area contributed by atoms with Gasteiger partial charge in [-0.05, 0) is 31.9 Å². The molecule has 0 atom stereocenters. The minimum atomic E-state index is -0.612. The Morgan fingerprint density at radius 1 is 1.29 bits per heavy atom. The van der Waals surface area contributed by atoms with Gasteiger partial charge in [-0.3, -0.25) is 4.79 Å². The number of rotatable bonds is 4. The molecule has 0 aliphatic heterocycles. The number of hydrogen-bond acceptors (Lipinski definition) is 3. The van der Waals surface area contributed by atoms with Crippen LogP contribution in [0.1, 0.15) is 25.3 Å². The van der Waals surface area contributed by atoms with Gasteiger partial charge in [0.25, 0.3) is 0 Å². The summed E-state index contributed by atoms with van der Waals surface area (Å²) in [5.41, 5.74) is -0.0614. The quantitative estimate of drug-likeness (QED) is 0.808. The van der Waals surface area contributed by atoms with Gasteiger partial charge in [0.05, 0.1) is 25.2 Å². The molecule has 3 nitrogen and oxygen atoms in total. The first-order chi connectivity index (χ1) is 8.06. The van der Waals surface area contributed by atoms with Gasteiger partial charge in [0.2, 0.25) is 0 Å². The average molecular weight is 238 g/mol. The van der Waals surface area contributed by atoms with Crippen molar-refractivity contribution in [2.45, 2.75) is 25.2 Å². The van der Waals surface area contributed by atoms with Crippen LogP contribution in [0.2, 0.25) is 0 Å². The van der Waals surface area contributed by atoms with Crippen molar-refractivity contribution in [2.24, 2.45) is 0 Å². The van der Waals surface area contributed by atoms with Gasteiger partial charge in [0.15, 0.2) is 11.6 Å². The molecular formula is C13H15FO3. The summed E-state index contributed by atoms with van der Waals surface area (Å²) >= 11 is 0. The molecule has 1 aliphatic rings. The van der Waals surface area contributed by atoms with E-state index < -0.39 is 11.2 Å². The maximum atomic E-state index is 13.7. The molecule has 17 heavy (non-hydrogen) atoms. The van der Waals surface area contributed by atoms with E-state index in [0.29, 0.717) is 11.3 Å². The fraction of sp³-hybridized carbons (Fsp3) is 0.462. The molecule has 0 radical (unpaired) electrons. The lowest BCUT2D eigenvalue weighted by Crippen LogP contribution is -2.19.